The van der Waals surface area contributed by atoms with E-state index >= 15 is 0 Å². The molecule has 6 rings (SSSR count). The number of amides is 1. The van der Waals surface area contributed by atoms with Crippen LogP contribution in [0.4, 0.5) is 5.95 Å². The van der Waals surface area contributed by atoms with Gasteiger partial charge in [0, 0.05) is 18.8 Å². The van der Waals surface area contributed by atoms with Crippen molar-refractivity contribution in [2.75, 3.05) is 18.5 Å². The van der Waals surface area contributed by atoms with E-state index in [0.717, 1.165) is 30.6 Å². The van der Waals surface area contributed by atoms with Gasteiger partial charge in [-0.15, -0.1) is 0 Å². The Labute approximate surface area is 167 Å². The minimum Gasteiger partial charge on any atom is -0.379 e. The van der Waals surface area contributed by atoms with Gasteiger partial charge in [0.1, 0.15) is 0 Å². The zero-order valence-electron chi connectivity index (χ0n) is 17.0. The van der Waals surface area contributed by atoms with E-state index in [1.807, 2.05) is 0 Å². The zero-order valence-corrected chi connectivity index (χ0v) is 17.0. The number of nitrogens with one attached hydrogen (secondary N) is 2. The Kier molecular flexibility index (Phi) is 4.77. The molecule has 1 aromatic rings. The lowest BCUT2D eigenvalue weighted by Gasteiger charge is -2.54. The summed E-state index contributed by atoms with van der Waals surface area (Å²) in [7, 11) is 0. The van der Waals surface area contributed by atoms with Crippen LogP contribution in [0.15, 0.2) is 6.20 Å². The first-order valence-corrected chi connectivity index (χ1v) is 11.1. The first-order valence-electron chi connectivity index (χ1n) is 11.1. The molecule has 0 unspecified atom stereocenters. The van der Waals surface area contributed by atoms with E-state index < -0.39 is 0 Å². The van der Waals surface area contributed by atoms with Crippen LogP contribution in [-0.4, -0.2) is 41.2 Å². The molecule has 1 aromatic heterocycles. The molecule has 0 radical (unpaired) electrons. The maximum absolute atomic E-state index is 13.2. The lowest BCUT2D eigenvalue weighted by molar-refractivity contribution is -0.0119. The molecule has 4 saturated carbocycles. The normalized spacial score (nSPS) is 36.1. The van der Waals surface area contributed by atoms with Crippen molar-refractivity contribution in [1.29, 1.82) is 0 Å². The molecule has 6 heteroatoms. The molecule has 5 fully saturated rings. The number of rotatable bonds is 5. The first kappa shape index (κ1) is 18.3. The van der Waals surface area contributed by atoms with Crippen LogP contribution < -0.4 is 10.6 Å². The second-order valence-corrected chi connectivity index (χ2v) is 9.78. The SMILES string of the molecule is CC(C)c1nc(N[C@@H]2CCOC2)ncc1C(=O)NC1C2CC3CC(C2)CC1C3. The number of anilines is 1. The number of aromatic nitrogens is 2. The van der Waals surface area contributed by atoms with Gasteiger partial charge in [-0.05, 0) is 68.1 Å². The molecule has 1 amide bonds. The maximum atomic E-state index is 13.2. The third kappa shape index (κ3) is 3.40. The van der Waals surface area contributed by atoms with Crippen molar-refractivity contribution >= 4 is 11.9 Å². The van der Waals surface area contributed by atoms with Crippen LogP contribution in [-0.2, 0) is 4.74 Å². The Morgan fingerprint density at radius 1 is 1.14 bits per heavy atom. The van der Waals surface area contributed by atoms with Gasteiger partial charge < -0.3 is 15.4 Å². The van der Waals surface area contributed by atoms with E-state index in [0.29, 0.717) is 36.0 Å². The number of nitrogens with zero attached hydrogens (tertiary/aromatic N) is 2. The Morgan fingerprint density at radius 3 is 2.46 bits per heavy atom. The molecule has 2 heterocycles. The topological polar surface area (TPSA) is 76.1 Å². The minimum atomic E-state index is 0.0110. The van der Waals surface area contributed by atoms with Gasteiger partial charge in [-0.3, -0.25) is 4.79 Å². The monoisotopic (exact) mass is 384 g/mol. The second-order valence-electron chi connectivity index (χ2n) is 9.78. The fraction of sp³-hybridized carbons (Fsp3) is 0.773. The molecule has 1 saturated heterocycles. The largest absolute Gasteiger partial charge is 0.379 e. The maximum Gasteiger partial charge on any atom is 0.254 e. The summed E-state index contributed by atoms with van der Waals surface area (Å²) in [6, 6.07) is 0.599. The Balaban J connectivity index is 1.32. The van der Waals surface area contributed by atoms with Gasteiger partial charge in [0.15, 0.2) is 0 Å². The molecule has 28 heavy (non-hydrogen) atoms. The molecule has 152 valence electrons. The summed E-state index contributed by atoms with van der Waals surface area (Å²) in [4.78, 5) is 22.3. The number of carbonyl (C=O) groups is 1. The van der Waals surface area contributed by atoms with E-state index in [2.05, 4.69) is 29.5 Å². The zero-order chi connectivity index (χ0) is 19.3. The van der Waals surface area contributed by atoms with Gasteiger partial charge in [0.2, 0.25) is 5.95 Å². The number of hydrogen-bond donors (Lipinski definition) is 2. The summed E-state index contributed by atoms with van der Waals surface area (Å²) in [5, 5.41) is 6.75. The lowest BCUT2D eigenvalue weighted by atomic mass is 9.54. The molecular formula is C22H32N4O2. The van der Waals surface area contributed by atoms with Crippen LogP contribution in [0.1, 0.15) is 74.3 Å². The highest BCUT2D eigenvalue weighted by molar-refractivity contribution is 5.95. The van der Waals surface area contributed by atoms with Crippen molar-refractivity contribution in [2.24, 2.45) is 23.7 Å². The van der Waals surface area contributed by atoms with Crippen molar-refractivity contribution in [3.8, 4) is 0 Å². The van der Waals surface area contributed by atoms with Crippen LogP contribution in [0.3, 0.4) is 0 Å². The molecular weight excluding hydrogens is 352 g/mol. The summed E-state index contributed by atoms with van der Waals surface area (Å²) in [5.74, 6) is 3.95. The third-order valence-corrected chi connectivity index (χ3v) is 7.40. The highest BCUT2D eigenvalue weighted by Crippen LogP contribution is 2.53. The molecule has 4 bridgehead atoms. The second kappa shape index (κ2) is 7.29. The highest BCUT2D eigenvalue weighted by Gasteiger charge is 2.48. The average Bonchev–Trinajstić information content (AvgIpc) is 3.17. The summed E-state index contributed by atoms with van der Waals surface area (Å²) < 4.78 is 5.42. The molecule has 2 N–H and O–H groups in total. The van der Waals surface area contributed by atoms with Gasteiger partial charge in [-0.1, -0.05) is 13.8 Å². The van der Waals surface area contributed by atoms with Gasteiger partial charge in [-0.25, -0.2) is 9.97 Å². The predicted octanol–water partition coefficient (Wildman–Crippen LogP) is 3.36. The lowest BCUT2D eigenvalue weighted by Crippen LogP contribution is -2.55. The fourth-order valence-corrected chi connectivity index (χ4v) is 6.30. The molecule has 1 atom stereocenters. The average molecular weight is 385 g/mol. The Hall–Kier alpha value is -1.69. The first-order chi connectivity index (χ1) is 13.6. The van der Waals surface area contributed by atoms with Gasteiger partial charge >= 0.3 is 0 Å². The quantitative estimate of drug-likeness (QED) is 0.814. The van der Waals surface area contributed by atoms with E-state index in [9.17, 15) is 4.79 Å². The summed E-state index contributed by atoms with van der Waals surface area (Å²) in [5.41, 5.74) is 1.47. The van der Waals surface area contributed by atoms with Gasteiger partial charge in [0.25, 0.3) is 5.91 Å². The number of ether oxygens (including phenoxy) is 1. The minimum absolute atomic E-state index is 0.0110. The molecule has 5 aliphatic rings. The summed E-state index contributed by atoms with van der Waals surface area (Å²) in [6.45, 7) is 5.64. The van der Waals surface area contributed by atoms with E-state index in [-0.39, 0.29) is 17.9 Å². The van der Waals surface area contributed by atoms with Crippen LogP contribution in [0.25, 0.3) is 0 Å². The molecule has 0 aromatic carbocycles. The summed E-state index contributed by atoms with van der Waals surface area (Å²) in [6.07, 6.45) is 9.33. The number of hydrogen-bond acceptors (Lipinski definition) is 5. The van der Waals surface area contributed by atoms with Crippen LogP contribution in [0, 0.1) is 23.7 Å². The molecule has 0 spiro atoms. The predicted molar refractivity (Wildman–Crippen MR) is 107 cm³/mol. The molecule has 1 aliphatic heterocycles. The van der Waals surface area contributed by atoms with Gasteiger partial charge in [0.05, 0.1) is 23.9 Å². The van der Waals surface area contributed by atoms with E-state index in [1.54, 1.807) is 6.20 Å². The number of carbonyl (C=O) groups excluding carboxylic acids is 1. The van der Waals surface area contributed by atoms with Crippen molar-refractivity contribution < 1.29 is 9.53 Å². The molecule has 6 nitrogen and oxygen atoms in total. The van der Waals surface area contributed by atoms with E-state index in [4.69, 9.17) is 9.72 Å². The summed E-state index contributed by atoms with van der Waals surface area (Å²) >= 11 is 0. The fourth-order valence-electron chi connectivity index (χ4n) is 6.30. The van der Waals surface area contributed by atoms with Crippen LogP contribution >= 0.6 is 0 Å². The van der Waals surface area contributed by atoms with Crippen molar-refractivity contribution in [1.82, 2.24) is 15.3 Å². The highest BCUT2D eigenvalue weighted by atomic mass is 16.5. The van der Waals surface area contributed by atoms with Crippen LogP contribution in [0.5, 0.6) is 0 Å². The van der Waals surface area contributed by atoms with Gasteiger partial charge in [-0.2, -0.15) is 0 Å². The van der Waals surface area contributed by atoms with E-state index in [1.165, 1.54) is 32.1 Å². The Morgan fingerprint density at radius 2 is 1.86 bits per heavy atom. The van der Waals surface area contributed by atoms with Crippen molar-refractivity contribution in [2.45, 2.75) is 70.4 Å². The molecule has 4 aliphatic carbocycles. The standard InChI is InChI=1S/C22H32N4O2/c1-12(2)19-18(10-23-22(26-19)24-17-3-4-28-11-17)21(27)25-20-15-6-13-5-14(8-15)9-16(20)7-13/h10,12-17,20H,3-9,11H2,1-2H3,(H,25,27)(H,23,24,26)/t13?,14?,15?,16?,17-,20?/m1/s1. The Bertz CT molecular complexity index is 716. The smallest absolute Gasteiger partial charge is 0.254 e. The van der Waals surface area contributed by atoms with Crippen LogP contribution in [0.2, 0.25) is 0 Å². The van der Waals surface area contributed by atoms with Crippen molar-refractivity contribution in [3.63, 3.8) is 0 Å². The third-order valence-electron chi connectivity index (χ3n) is 7.40. The van der Waals surface area contributed by atoms with Crippen molar-refractivity contribution in [3.05, 3.63) is 17.5 Å².